The summed E-state index contributed by atoms with van der Waals surface area (Å²) in [7, 11) is -14.6. The number of amides is 1. The van der Waals surface area contributed by atoms with Crippen LogP contribution in [0.25, 0.3) is 0 Å². The zero-order valence-corrected chi connectivity index (χ0v) is 49.6. The first-order valence-electron chi connectivity index (χ1n) is 25.2. The summed E-state index contributed by atoms with van der Waals surface area (Å²) in [6.45, 7) is 11.5. The van der Waals surface area contributed by atoms with Gasteiger partial charge in [-0.15, -0.1) is 0 Å². The number of rotatable bonds is 25. The van der Waals surface area contributed by atoms with Gasteiger partial charge in [-0.2, -0.15) is 8.62 Å². The number of aryl methyl sites for hydroxylation is 1. The van der Waals surface area contributed by atoms with Gasteiger partial charge in [0.15, 0.2) is 0 Å². The summed E-state index contributed by atoms with van der Waals surface area (Å²) in [4.78, 5) is 108. The Kier molecular flexibility index (Phi) is 21.3. The van der Waals surface area contributed by atoms with E-state index in [2.05, 4.69) is 47.1 Å². The van der Waals surface area contributed by atoms with Crippen LogP contribution >= 0.6 is 45.1 Å². The molecule has 3 heterocycles. The number of benzene rings is 3. The van der Waals surface area contributed by atoms with E-state index in [1.54, 1.807) is 12.1 Å². The lowest BCUT2D eigenvalue weighted by molar-refractivity contribution is -0.386. The van der Waals surface area contributed by atoms with E-state index in [-0.39, 0.29) is 59.4 Å². The van der Waals surface area contributed by atoms with Crippen LogP contribution in [0.3, 0.4) is 0 Å². The molecule has 7 atom stereocenters. The number of allylic oxidation sites excluding steroid dienone is 3. The predicted octanol–water partition coefficient (Wildman–Crippen LogP) is 7.46. The monoisotopic (exact) mass is 1250 g/mol. The summed E-state index contributed by atoms with van der Waals surface area (Å²) >= 11 is 0. The molecule has 27 nitrogen and oxygen atoms in total. The van der Waals surface area contributed by atoms with Gasteiger partial charge in [0.1, 0.15) is 41.9 Å². The number of nitrogens with zero attached hydrogens (tertiary/aromatic N) is 3. The number of carbonyl (C=O) groups is 2. The first kappa shape index (κ1) is 64.5. The van der Waals surface area contributed by atoms with Crippen LogP contribution in [-0.2, 0) is 47.7 Å². The Morgan fingerprint density at radius 1 is 1.02 bits per heavy atom. The zero-order chi connectivity index (χ0) is 60.6. The number of para-hydroxylation sites is 1. The number of nitro benzene ring substituents is 1. The lowest BCUT2D eigenvalue weighted by Crippen LogP contribution is -2.36. The van der Waals surface area contributed by atoms with Crippen molar-refractivity contribution >= 4 is 74.0 Å². The van der Waals surface area contributed by atoms with E-state index < -0.39 is 93.8 Å². The topological polar surface area (TPSA) is 386 Å². The van der Waals surface area contributed by atoms with Crippen molar-refractivity contribution in [1.29, 1.82) is 0 Å². The van der Waals surface area contributed by atoms with Crippen LogP contribution < -0.4 is 26.6 Å². The number of carbonyl (C=O) groups excluding carboxylic acids is 1. The van der Waals surface area contributed by atoms with Crippen LogP contribution in [0.15, 0.2) is 98.9 Å². The fraction of sp³-hybridized carbons (Fsp3) is 0.392. The highest BCUT2D eigenvalue weighted by molar-refractivity contribution is 8.77. The van der Waals surface area contributed by atoms with E-state index in [9.17, 15) is 57.9 Å². The summed E-state index contributed by atoms with van der Waals surface area (Å²) in [5.41, 5.74) is 2.74. The number of aromatic nitrogens is 2. The molecule has 0 saturated carbocycles. The van der Waals surface area contributed by atoms with Gasteiger partial charge in [-0.3, -0.25) is 38.8 Å². The molecule has 7 rings (SSSR count). The second-order valence-corrected chi connectivity index (χ2v) is 26.7. The number of anilines is 1. The Bertz CT molecular complexity index is 3590. The van der Waals surface area contributed by atoms with Crippen molar-refractivity contribution in [3.63, 3.8) is 0 Å². The van der Waals surface area contributed by atoms with Gasteiger partial charge in [0, 0.05) is 83.9 Å². The van der Waals surface area contributed by atoms with Gasteiger partial charge in [0.25, 0.3) is 17.2 Å². The van der Waals surface area contributed by atoms with Crippen LogP contribution in [0.5, 0.6) is 5.75 Å². The number of nitrogens with one attached hydrogen (secondary N) is 3. The molecule has 1 amide bonds. The molecule has 0 radical (unpaired) electrons. The highest BCUT2D eigenvalue weighted by Crippen LogP contribution is 2.66. The second kappa shape index (κ2) is 27.3. The van der Waals surface area contributed by atoms with Crippen molar-refractivity contribution in [3.05, 3.63) is 154 Å². The van der Waals surface area contributed by atoms with Crippen molar-refractivity contribution in [2.45, 2.75) is 83.7 Å². The number of fused-ring (bicyclic) bond motifs is 2. The van der Waals surface area contributed by atoms with Gasteiger partial charge >= 0.3 is 35.1 Å². The van der Waals surface area contributed by atoms with E-state index >= 15 is 0 Å². The van der Waals surface area contributed by atoms with Crippen LogP contribution in [0.2, 0.25) is 0 Å². The predicted molar refractivity (Wildman–Crippen MR) is 305 cm³/mol. The molecule has 4 aromatic rings. The summed E-state index contributed by atoms with van der Waals surface area (Å²) in [6.07, 6.45) is 0.792. The van der Waals surface area contributed by atoms with Crippen molar-refractivity contribution in [2.75, 3.05) is 44.1 Å². The van der Waals surface area contributed by atoms with E-state index in [0.29, 0.717) is 30.2 Å². The Morgan fingerprint density at radius 2 is 1.77 bits per heavy atom. The average Bonchev–Trinajstić information content (AvgIpc) is 3.77. The molecule has 83 heavy (non-hydrogen) atoms. The first-order chi connectivity index (χ1) is 39.1. The zero-order valence-electron chi connectivity index (χ0n) is 45.2. The minimum Gasteiger partial charge on any atom is -0.478 e. The van der Waals surface area contributed by atoms with Crippen molar-refractivity contribution < 1.29 is 85.0 Å². The van der Waals surface area contributed by atoms with E-state index in [1.807, 2.05) is 59.8 Å². The van der Waals surface area contributed by atoms with Gasteiger partial charge in [0.05, 0.1) is 41.1 Å². The van der Waals surface area contributed by atoms with Gasteiger partial charge in [-0.1, -0.05) is 57.7 Å². The van der Waals surface area contributed by atoms with E-state index in [1.165, 1.54) is 51.9 Å². The number of aromatic carboxylic acids is 1. The van der Waals surface area contributed by atoms with E-state index in [0.717, 1.165) is 38.9 Å². The minimum absolute atomic E-state index is 0.0238. The quantitative estimate of drug-likeness (QED) is 0.00607. The van der Waals surface area contributed by atoms with Crippen LogP contribution in [-0.4, -0.2) is 112 Å². The van der Waals surface area contributed by atoms with Gasteiger partial charge in [-0.05, 0) is 82.5 Å². The molecule has 0 bridgehead atoms. The third-order valence-corrected chi connectivity index (χ3v) is 19.5. The van der Waals surface area contributed by atoms with Crippen molar-refractivity contribution in [3.8, 4) is 17.6 Å². The molecule has 8 N–H and O–H groups in total. The maximum absolute atomic E-state index is 13.7. The molecule has 2 aliphatic heterocycles. The molecule has 1 aliphatic carbocycles. The highest BCUT2D eigenvalue weighted by Gasteiger charge is 2.44. The number of nitro groups is 1. The molecule has 5 unspecified atom stereocenters. The number of hydrogen-bond donors (Lipinski definition) is 8. The largest absolute Gasteiger partial charge is 0.490 e. The van der Waals surface area contributed by atoms with E-state index in [4.69, 9.17) is 33.3 Å². The summed E-state index contributed by atoms with van der Waals surface area (Å²) in [6, 6.07) is 14.2. The van der Waals surface area contributed by atoms with Gasteiger partial charge in [-0.25, -0.2) is 23.3 Å². The maximum Gasteiger partial charge on any atom is 0.490 e. The maximum atomic E-state index is 13.7. The number of aliphatic imine (C=N–C) groups is 1. The summed E-state index contributed by atoms with van der Waals surface area (Å²) in [5.74, 6) is 4.16. The smallest absolute Gasteiger partial charge is 0.478 e. The van der Waals surface area contributed by atoms with Crippen molar-refractivity contribution in [1.82, 2.24) is 14.9 Å². The van der Waals surface area contributed by atoms with Crippen LogP contribution in [0.4, 0.5) is 11.4 Å². The first-order valence-corrected chi connectivity index (χ1v) is 32.1. The summed E-state index contributed by atoms with van der Waals surface area (Å²) in [5, 5.41) is 28.6. The molecule has 1 saturated heterocycles. The molecule has 0 spiro atoms. The summed E-state index contributed by atoms with van der Waals surface area (Å²) < 4.78 is 72.1. The molecule has 1 aromatic heterocycles. The fourth-order valence-corrected chi connectivity index (χ4v) is 14.2. The number of phosphoric ester groups is 1. The lowest BCUT2D eigenvalue weighted by atomic mass is 9.73. The second-order valence-electron chi connectivity index (χ2n) is 19.3. The van der Waals surface area contributed by atoms with Gasteiger partial charge in [0.2, 0.25) is 0 Å². The van der Waals surface area contributed by atoms with Crippen LogP contribution in [0, 0.1) is 34.8 Å². The number of hydrogen-bond acceptors (Lipinski definition) is 20. The molecule has 3 aromatic carbocycles. The number of H-pyrrole nitrogens is 1. The molecule has 1 fully saturated rings. The Morgan fingerprint density at radius 3 is 2.47 bits per heavy atom. The number of carboxylic acid groups (broad SMARTS) is 1. The Balaban J connectivity index is 0.960. The molecule has 32 heteroatoms. The van der Waals surface area contributed by atoms with Crippen molar-refractivity contribution in [2.24, 2.45) is 10.9 Å². The van der Waals surface area contributed by atoms with Crippen LogP contribution in [0.1, 0.15) is 102 Å². The number of ether oxygens (including phenoxy) is 4. The normalized spacial score (nSPS) is 20.5. The number of phosphoric acid groups is 3. The molecular weight excluding hydrogens is 1190 g/mol. The highest BCUT2D eigenvalue weighted by atomic mass is 33.1. The molecule has 3 aliphatic rings. The Hall–Kier alpha value is -6.02. The SMILES string of the molecule is CC/N=C1/C=C2Oc3cc(NCC)c(C)cc3C(c3ccc(C(=O)NCC(C)(C)SSCOCC#Cc4cn([C@H]5C[C@@H](OCc6ccccc6[N+](=O)[O-])C(COP(=O)(O)OP(=O)(O)OP(=O)(O)O)O5)c(=O)[nH]c4=O)cc3C(=O)O)C2C=C1C. The number of aromatic amines is 1. The molecular formula is C51H59N6O21P3S2. The average molecular weight is 1250 g/mol. The standard InChI is InChI=1S/C51H59N6O21P3S2/c1-7-52-38-21-41-36(18-29(38)3)46(37-19-30(4)39(53-8-2)22-42(37)75-41)34-16-15-31(20-35(34)49(60)61)47(58)54-27-51(5,6)83-82-28-72-17-11-13-32-24-56(50(62)55-48(32)59)45-23-43(73-25-33-12-9-10-14-40(33)57(63)64)44(76-45)26-74-80(68,69)78-81(70,71)77-79(65,66)67/h9-10,12,14-16,18-22,24,36,43-46,53H,7-8,17,23,25-28H2,1-6H3,(H,54,58)(H,60,61)(H,68,69)(H,70,71)(H,55,59,62)(H2,65,66,67)/b52-38-/t36?,43-,44?,45-,46?/m1/s1. The minimum atomic E-state index is -5.89. The number of carboxylic acids is 1. The lowest BCUT2D eigenvalue weighted by Gasteiger charge is -2.37. The Labute approximate surface area is 482 Å². The third kappa shape index (κ3) is 17.1. The fourth-order valence-electron chi connectivity index (χ4n) is 9.07. The van der Waals surface area contributed by atoms with Gasteiger partial charge < -0.3 is 54.3 Å². The third-order valence-electron chi connectivity index (χ3n) is 12.7. The molecule has 446 valence electrons.